The van der Waals surface area contributed by atoms with Gasteiger partial charge in [0.25, 0.3) is 11.8 Å². The summed E-state index contributed by atoms with van der Waals surface area (Å²) in [6.07, 6.45) is 0.130. The van der Waals surface area contributed by atoms with Crippen LogP contribution in [-0.4, -0.2) is 92.4 Å². The number of carbonyl (C=O) groups is 5. The lowest BCUT2D eigenvalue weighted by atomic mass is 10.0. The van der Waals surface area contributed by atoms with Gasteiger partial charge in [0.15, 0.2) is 0 Å². The van der Waals surface area contributed by atoms with Gasteiger partial charge >= 0.3 is 5.97 Å². The molecule has 2 aliphatic heterocycles. The fourth-order valence-electron chi connectivity index (χ4n) is 3.78. The first kappa shape index (κ1) is 28.2. The molecule has 202 valence electrons. The highest BCUT2D eigenvalue weighted by Gasteiger charge is 2.45. The Kier molecular flexibility index (Phi) is 9.73. The number of piperidine rings is 1. The SMILES string of the molecule is CC(C)(C)OC(=O)COCCOCCOCCOc1cccc2c1C(=O)N(C1CCC(=O)NC1=O)C2=O. The van der Waals surface area contributed by atoms with Crippen LogP contribution in [0, 0.1) is 0 Å². The number of nitrogens with one attached hydrogen (secondary N) is 1. The van der Waals surface area contributed by atoms with Gasteiger partial charge in [-0.05, 0) is 39.3 Å². The number of fused-ring (bicyclic) bond motifs is 1. The van der Waals surface area contributed by atoms with Crippen LogP contribution < -0.4 is 10.1 Å². The van der Waals surface area contributed by atoms with Gasteiger partial charge in [-0.25, -0.2) is 4.79 Å². The van der Waals surface area contributed by atoms with E-state index in [2.05, 4.69) is 5.32 Å². The van der Waals surface area contributed by atoms with Crippen molar-refractivity contribution in [3.8, 4) is 5.75 Å². The summed E-state index contributed by atoms with van der Waals surface area (Å²) in [6.45, 7) is 6.67. The van der Waals surface area contributed by atoms with Crippen molar-refractivity contribution < 1.29 is 47.7 Å². The first-order chi connectivity index (χ1) is 17.6. The van der Waals surface area contributed by atoms with Gasteiger partial charge in [0.1, 0.15) is 30.6 Å². The number of hydrogen-bond acceptors (Lipinski definition) is 10. The van der Waals surface area contributed by atoms with E-state index in [4.69, 9.17) is 23.7 Å². The standard InChI is InChI=1S/C25H32N2O10/c1-25(2,3)37-20(29)15-35-12-11-33-9-10-34-13-14-36-18-6-4-5-16-21(18)24(32)27(23(16)31)17-7-8-19(28)26-22(17)30/h4-6,17H,7-15H2,1-3H3,(H,26,28,30). The van der Waals surface area contributed by atoms with Gasteiger partial charge in [-0.15, -0.1) is 0 Å². The molecule has 12 nitrogen and oxygen atoms in total. The largest absolute Gasteiger partial charge is 0.490 e. The molecule has 1 aromatic carbocycles. The predicted octanol–water partition coefficient (Wildman–Crippen LogP) is 0.858. The van der Waals surface area contributed by atoms with E-state index in [1.165, 1.54) is 6.07 Å². The summed E-state index contributed by atoms with van der Waals surface area (Å²) < 4.78 is 26.8. The fourth-order valence-corrected chi connectivity index (χ4v) is 3.78. The van der Waals surface area contributed by atoms with E-state index < -0.39 is 41.2 Å². The highest BCUT2D eigenvalue weighted by molar-refractivity contribution is 6.24. The molecule has 1 saturated heterocycles. The molecule has 0 bridgehead atoms. The number of rotatable bonds is 13. The summed E-state index contributed by atoms with van der Waals surface area (Å²) in [6, 6.07) is 3.62. The molecule has 1 fully saturated rings. The molecular weight excluding hydrogens is 488 g/mol. The minimum atomic E-state index is -1.04. The lowest BCUT2D eigenvalue weighted by Gasteiger charge is -2.27. The summed E-state index contributed by atoms with van der Waals surface area (Å²) in [7, 11) is 0. The second-order valence-corrected chi connectivity index (χ2v) is 9.34. The number of esters is 1. The number of benzene rings is 1. The zero-order valence-electron chi connectivity index (χ0n) is 21.2. The number of carbonyl (C=O) groups excluding carboxylic acids is 5. The second-order valence-electron chi connectivity index (χ2n) is 9.34. The second kappa shape index (κ2) is 12.7. The van der Waals surface area contributed by atoms with Gasteiger partial charge in [0.2, 0.25) is 11.8 Å². The van der Waals surface area contributed by atoms with Gasteiger partial charge in [-0.2, -0.15) is 0 Å². The Balaban J connectivity index is 1.34. The van der Waals surface area contributed by atoms with Gasteiger partial charge in [-0.3, -0.25) is 29.4 Å². The van der Waals surface area contributed by atoms with Crippen molar-refractivity contribution in [1.29, 1.82) is 0 Å². The number of ether oxygens (including phenoxy) is 5. The smallest absolute Gasteiger partial charge is 0.332 e. The molecule has 0 aliphatic carbocycles. The maximum absolute atomic E-state index is 13.0. The Morgan fingerprint density at radius 1 is 0.946 bits per heavy atom. The van der Waals surface area contributed by atoms with Crippen molar-refractivity contribution in [3.05, 3.63) is 29.3 Å². The Bertz CT molecular complexity index is 1030. The summed E-state index contributed by atoms with van der Waals surface area (Å²) in [5.41, 5.74) is -0.316. The maximum Gasteiger partial charge on any atom is 0.332 e. The average molecular weight is 521 g/mol. The van der Waals surface area contributed by atoms with Gasteiger partial charge in [-0.1, -0.05) is 6.07 Å². The Hall–Kier alpha value is -3.35. The first-order valence-corrected chi connectivity index (χ1v) is 12.0. The zero-order chi connectivity index (χ0) is 27.0. The molecular formula is C25H32N2O10. The van der Waals surface area contributed by atoms with Crippen LogP contribution in [0.4, 0.5) is 0 Å². The number of hydrogen-bond donors (Lipinski definition) is 1. The normalized spacial score (nSPS) is 17.6. The van der Waals surface area contributed by atoms with Gasteiger partial charge < -0.3 is 23.7 Å². The molecule has 1 atom stereocenters. The quantitative estimate of drug-likeness (QED) is 0.226. The predicted molar refractivity (Wildman–Crippen MR) is 127 cm³/mol. The molecule has 0 saturated carbocycles. The van der Waals surface area contributed by atoms with Crippen LogP contribution in [-0.2, 0) is 33.3 Å². The maximum atomic E-state index is 13.0. The van der Waals surface area contributed by atoms with Crippen LogP contribution in [0.5, 0.6) is 5.75 Å². The number of nitrogens with zero attached hydrogens (tertiary/aromatic N) is 1. The van der Waals surface area contributed by atoms with Gasteiger partial charge in [0.05, 0.1) is 44.2 Å². The summed E-state index contributed by atoms with van der Waals surface area (Å²) >= 11 is 0. The topological polar surface area (TPSA) is 147 Å². The van der Waals surface area contributed by atoms with E-state index in [9.17, 15) is 24.0 Å². The minimum Gasteiger partial charge on any atom is -0.490 e. The van der Waals surface area contributed by atoms with Crippen LogP contribution in [0.15, 0.2) is 18.2 Å². The highest BCUT2D eigenvalue weighted by atomic mass is 16.6. The molecule has 0 radical (unpaired) electrons. The molecule has 12 heteroatoms. The molecule has 3 rings (SSSR count). The van der Waals surface area contributed by atoms with E-state index in [1.807, 2.05) is 0 Å². The van der Waals surface area contributed by atoms with E-state index in [0.717, 1.165) is 4.90 Å². The fraction of sp³-hybridized carbons (Fsp3) is 0.560. The van der Waals surface area contributed by atoms with Crippen molar-refractivity contribution >= 4 is 29.6 Å². The molecule has 0 aromatic heterocycles. The molecule has 2 aliphatic rings. The van der Waals surface area contributed by atoms with Crippen molar-refractivity contribution in [1.82, 2.24) is 10.2 Å². The molecule has 1 aromatic rings. The molecule has 1 N–H and O–H groups in total. The third-order valence-corrected chi connectivity index (χ3v) is 5.30. The Labute approximate surface area is 214 Å². The molecule has 0 spiro atoms. The lowest BCUT2D eigenvalue weighted by molar-refractivity contribution is -0.160. The van der Waals surface area contributed by atoms with E-state index in [-0.39, 0.29) is 56.1 Å². The average Bonchev–Trinajstić information content (AvgIpc) is 3.07. The first-order valence-electron chi connectivity index (χ1n) is 12.0. The van der Waals surface area contributed by atoms with Crippen LogP contribution in [0.2, 0.25) is 0 Å². The van der Waals surface area contributed by atoms with Crippen molar-refractivity contribution in [2.24, 2.45) is 0 Å². The number of imide groups is 2. The van der Waals surface area contributed by atoms with Crippen LogP contribution in [0.1, 0.15) is 54.3 Å². The third-order valence-electron chi connectivity index (χ3n) is 5.30. The molecule has 1 unspecified atom stereocenters. The Morgan fingerprint density at radius 2 is 1.59 bits per heavy atom. The van der Waals surface area contributed by atoms with Crippen molar-refractivity contribution in [2.45, 2.75) is 45.3 Å². The summed E-state index contributed by atoms with van der Waals surface area (Å²) in [4.78, 5) is 61.9. The lowest BCUT2D eigenvalue weighted by Crippen LogP contribution is -2.54. The van der Waals surface area contributed by atoms with Crippen molar-refractivity contribution in [2.75, 3.05) is 46.2 Å². The monoisotopic (exact) mass is 520 g/mol. The molecule has 2 heterocycles. The highest BCUT2D eigenvalue weighted by Crippen LogP contribution is 2.33. The molecule has 37 heavy (non-hydrogen) atoms. The zero-order valence-corrected chi connectivity index (χ0v) is 21.2. The number of amides is 4. The van der Waals surface area contributed by atoms with E-state index in [1.54, 1.807) is 32.9 Å². The third kappa shape index (κ3) is 7.81. The van der Waals surface area contributed by atoms with Crippen molar-refractivity contribution in [3.63, 3.8) is 0 Å². The van der Waals surface area contributed by atoms with E-state index >= 15 is 0 Å². The van der Waals surface area contributed by atoms with E-state index in [0.29, 0.717) is 19.8 Å². The summed E-state index contributed by atoms with van der Waals surface area (Å²) in [5.74, 6) is -2.55. The van der Waals surface area contributed by atoms with Crippen LogP contribution in [0.3, 0.4) is 0 Å². The molecule has 4 amide bonds. The Morgan fingerprint density at radius 3 is 2.24 bits per heavy atom. The minimum absolute atomic E-state index is 0.0489. The summed E-state index contributed by atoms with van der Waals surface area (Å²) in [5, 5.41) is 2.17. The van der Waals surface area contributed by atoms with Crippen LogP contribution in [0.25, 0.3) is 0 Å². The van der Waals surface area contributed by atoms with Crippen LogP contribution >= 0.6 is 0 Å². The van der Waals surface area contributed by atoms with Gasteiger partial charge in [0, 0.05) is 6.42 Å².